The van der Waals surface area contributed by atoms with Gasteiger partial charge in [-0.2, -0.15) is 4.31 Å². The standard InChI is InChI=1S/C14H21FN2O3S/c1-17(10-14(18)6-2-3-7-14)21(19,20)12-4-5-13(15)11(8-12)9-16/h4-5,8,18H,2-3,6-7,9-10,16H2,1H3. The number of sulfonamides is 1. The molecule has 0 amide bonds. The second-order valence-corrected chi connectivity index (χ2v) is 7.69. The van der Waals surface area contributed by atoms with E-state index in [9.17, 15) is 17.9 Å². The molecule has 0 spiro atoms. The topological polar surface area (TPSA) is 83.6 Å². The molecule has 1 aromatic rings. The van der Waals surface area contributed by atoms with E-state index in [-0.39, 0.29) is 23.5 Å². The van der Waals surface area contributed by atoms with Crippen molar-refractivity contribution < 1.29 is 17.9 Å². The van der Waals surface area contributed by atoms with Gasteiger partial charge in [0, 0.05) is 25.7 Å². The van der Waals surface area contributed by atoms with Crippen LogP contribution in [0.3, 0.4) is 0 Å². The molecule has 1 aliphatic rings. The number of rotatable bonds is 5. The van der Waals surface area contributed by atoms with Crippen LogP contribution in [-0.4, -0.2) is 37.0 Å². The molecular weight excluding hydrogens is 295 g/mol. The number of halogens is 1. The second kappa shape index (κ2) is 6.00. The smallest absolute Gasteiger partial charge is 0.242 e. The lowest BCUT2D eigenvalue weighted by atomic mass is 10.0. The average Bonchev–Trinajstić information content (AvgIpc) is 2.85. The van der Waals surface area contributed by atoms with Gasteiger partial charge >= 0.3 is 0 Å². The molecule has 0 aromatic heterocycles. The minimum atomic E-state index is -3.76. The predicted molar refractivity (Wildman–Crippen MR) is 77.5 cm³/mol. The van der Waals surface area contributed by atoms with Gasteiger partial charge in [-0.1, -0.05) is 12.8 Å². The first-order chi connectivity index (χ1) is 9.78. The highest BCUT2D eigenvalue weighted by Crippen LogP contribution is 2.31. The van der Waals surface area contributed by atoms with E-state index in [0.29, 0.717) is 12.8 Å². The molecule has 0 bridgehead atoms. The lowest BCUT2D eigenvalue weighted by molar-refractivity contribution is 0.0333. The molecule has 0 aliphatic heterocycles. The van der Waals surface area contributed by atoms with Gasteiger partial charge in [-0.05, 0) is 31.0 Å². The zero-order valence-electron chi connectivity index (χ0n) is 12.0. The van der Waals surface area contributed by atoms with Gasteiger partial charge in [0.2, 0.25) is 10.0 Å². The molecule has 2 rings (SSSR count). The summed E-state index contributed by atoms with van der Waals surface area (Å²) in [4.78, 5) is -0.00607. The average molecular weight is 316 g/mol. The van der Waals surface area contributed by atoms with Crippen LogP contribution < -0.4 is 5.73 Å². The summed E-state index contributed by atoms with van der Waals surface area (Å²) in [5.74, 6) is -0.520. The van der Waals surface area contributed by atoms with Crippen molar-refractivity contribution in [2.45, 2.75) is 42.7 Å². The Labute approximate surface area is 124 Å². The van der Waals surface area contributed by atoms with Crippen LogP contribution in [0.2, 0.25) is 0 Å². The Bertz CT molecular complexity index is 613. The molecule has 1 fully saturated rings. The summed E-state index contributed by atoms with van der Waals surface area (Å²) >= 11 is 0. The first-order valence-corrected chi connectivity index (χ1v) is 8.40. The van der Waals surface area contributed by atoms with Gasteiger partial charge in [-0.25, -0.2) is 12.8 Å². The molecule has 0 saturated heterocycles. The summed E-state index contributed by atoms with van der Waals surface area (Å²) in [6.45, 7) is -0.0203. The van der Waals surface area contributed by atoms with E-state index in [0.717, 1.165) is 23.2 Å². The summed E-state index contributed by atoms with van der Waals surface area (Å²) in [6.07, 6.45) is 3.01. The summed E-state index contributed by atoms with van der Waals surface area (Å²) in [5, 5.41) is 10.3. The van der Waals surface area contributed by atoms with Crippen molar-refractivity contribution in [1.29, 1.82) is 0 Å². The minimum Gasteiger partial charge on any atom is -0.389 e. The molecule has 0 unspecified atom stereocenters. The molecule has 0 atom stereocenters. The SMILES string of the molecule is CN(CC1(O)CCCC1)S(=O)(=O)c1ccc(F)c(CN)c1. The summed E-state index contributed by atoms with van der Waals surface area (Å²) in [5.41, 5.74) is 4.60. The largest absolute Gasteiger partial charge is 0.389 e. The van der Waals surface area contributed by atoms with E-state index in [1.165, 1.54) is 19.2 Å². The number of benzene rings is 1. The summed E-state index contributed by atoms with van der Waals surface area (Å²) < 4.78 is 39.5. The first kappa shape index (κ1) is 16.4. The number of likely N-dealkylation sites (N-methyl/N-ethyl adjacent to an activating group) is 1. The first-order valence-electron chi connectivity index (χ1n) is 6.96. The lowest BCUT2D eigenvalue weighted by Gasteiger charge is -2.28. The van der Waals surface area contributed by atoms with E-state index >= 15 is 0 Å². The van der Waals surface area contributed by atoms with Crippen molar-refractivity contribution in [1.82, 2.24) is 4.31 Å². The maximum absolute atomic E-state index is 13.4. The Hall–Kier alpha value is -1.02. The van der Waals surface area contributed by atoms with E-state index in [1.807, 2.05) is 0 Å². The fourth-order valence-corrected chi connectivity index (χ4v) is 4.04. The van der Waals surface area contributed by atoms with Gasteiger partial charge in [0.1, 0.15) is 5.82 Å². The number of nitrogens with two attached hydrogens (primary N) is 1. The Morgan fingerprint density at radius 1 is 1.38 bits per heavy atom. The third-order valence-corrected chi connectivity index (χ3v) is 5.80. The van der Waals surface area contributed by atoms with Crippen LogP contribution in [-0.2, 0) is 16.6 Å². The van der Waals surface area contributed by atoms with Crippen LogP contribution in [0.5, 0.6) is 0 Å². The molecule has 5 nitrogen and oxygen atoms in total. The Morgan fingerprint density at radius 3 is 2.57 bits per heavy atom. The lowest BCUT2D eigenvalue weighted by Crippen LogP contribution is -2.42. The fraction of sp³-hybridized carbons (Fsp3) is 0.571. The van der Waals surface area contributed by atoms with Crippen molar-refractivity contribution >= 4 is 10.0 Å². The van der Waals surface area contributed by atoms with E-state index < -0.39 is 21.4 Å². The number of hydrogen-bond donors (Lipinski definition) is 2. The second-order valence-electron chi connectivity index (χ2n) is 5.65. The molecule has 0 radical (unpaired) electrons. The van der Waals surface area contributed by atoms with Gasteiger partial charge in [-0.3, -0.25) is 0 Å². The molecular formula is C14H21FN2O3S. The molecule has 3 N–H and O–H groups in total. The normalized spacial score (nSPS) is 18.3. The number of hydrogen-bond acceptors (Lipinski definition) is 4. The minimum absolute atomic E-state index is 0.00607. The maximum atomic E-state index is 13.4. The van der Waals surface area contributed by atoms with Crippen LogP contribution in [0.4, 0.5) is 4.39 Å². The molecule has 118 valence electrons. The van der Waals surface area contributed by atoms with Crippen molar-refractivity contribution in [2.75, 3.05) is 13.6 Å². The van der Waals surface area contributed by atoms with Crippen LogP contribution in [0.1, 0.15) is 31.2 Å². The zero-order valence-corrected chi connectivity index (χ0v) is 12.9. The molecule has 21 heavy (non-hydrogen) atoms. The quantitative estimate of drug-likeness (QED) is 0.855. The van der Waals surface area contributed by atoms with Crippen molar-refractivity contribution in [3.63, 3.8) is 0 Å². The number of nitrogens with zero attached hydrogens (tertiary/aromatic N) is 1. The Morgan fingerprint density at radius 2 is 2.00 bits per heavy atom. The Kier molecular flexibility index (Phi) is 4.67. The monoisotopic (exact) mass is 316 g/mol. The third-order valence-electron chi connectivity index (χ3n) is 4.00. The van der Waals surface area contributed by atoms with E-state index in [1.54, 1.807) is 0 Å². The van der Waals surface area contributed by atoms with Crippen molar-refractivity contribution in [3.05, 3.63) is 29.6 Å². The summed E-state index contributed by atoms with van der Waals surface area (Å²) in [6, 6.07) is 3.58. The zero-order chi connectivity index (χ0) is 15.7. The van der Waals surface area contributed by atoms with Crippen molar-refractivity contribution in [3.8, 4) is 0 Å². The van der Waals surface area contributed by atoms with E-state index in [2.05, 4.69) is 0 Å². The predicted octanol–water partition coefficient (Wildman–Crippen LogP) is 1.21. The molecule has 1 saturated carbocycles. The highest BCUT2D eigenvalue weighted by molar-refractivity contribution is 7.89. The summed E-state index contributed by atoms with van der Waals surface area (Å²) in [7, 11) is -2.34. The highest BCUT2D eigenvalue weighted by atomic mass is 32.2. The molecule has 7 heteroatoms. The highest BCUT2D eigenvalue weighted by Gasteiger charge is 2.35. The van der Waals surface area contributed by atoms with Gasteiger partial charge < -0.3 is 10.8 Å². The maximum Gasteiger partial charge on any atom is 0.242 e. The fourth-order valence-electron chi connectivity index (χ4n) is 2.74. The van der Waals surface area contributed by atoms with Crippen LogP contribution >= 0.6 is 0 Å². The van der Waals surface area contributed by atoms with Crippen molar-refractivity contribution in [2.24, 2.45) is 5.73 Å². The Balaban J connectivity index is 2.24. The van der Waals surface area contributed by atoms with Gasteiger partial charge in [0.05, 0.1) is 10.5 Å². The van der Waals surface area contributed by atoms with Gasteiger partial charge in [0.25, 0.3) is 0 Å². The number of aliphatic hydroxyl groups is 1. The third kappa shape index (κ3) is 3.42. The van der Waals surface area contributed by atoms with Gasteiger partial charge in [-0.15, -0.1) is 0 Å². The van der Waals surface area contributed by atoms with Crippen LogP contribution in [0.25, 0.3) is 0 Å². The molecule has 0 heterocycles. The molecule has 1 aliphatic carbocycles. The van der Waals surface area contributed by atoms with E-state index in [4.69, 9.17) is 5.73 Å². The molecule has 1 aromatic carbocycles. The van der Waals surface area contributed by atoms with Crippen LogP contribution in [0.15, 0.2) is 23.1 Å². The van der Waals surface area contributed by atoms with Gasteiger partial charge in [0.15, 0.2) is 0 Å². The van der Waals surface area contributed by atoms with Crippen LogP contribution in [0, 0.1) is 5.82 Å².